The van der Waals surface area contributed by atoms with E-state index in [0.717, 1.165) is 54.7 Å². The van der Waals surface area contributed by atoms with Crippen molar-refractivity contribution in [1.82, 2.24) is 0 Å². The lowest BCUT2D eigenvalue weighted by molar-refractivity contribution is -0.121. The Hall–Kier alpha value is -2.29. The molecule has 1 aliphatic carbocycles. The number of carbonyl (C=O) groups is 1. The van der Waals surface area contributed by atoms with E-state index in [-0.39, 0.29) is 12.0 Å². The fourth-order valence-corrected chi connectivity index (χ4v) is 3.79. The van der Waals surface area contributed by atoms with Gasteiger partial charge in [-0.3, -0.25) is 4.79 Å². The Bertz CT molecular complexity index is 748. The molecule has 1 fully saturated rings. The number of hydrogen-bond donors (Lipinski definition) is 1. The molecule has 1 aliphatic rings. The first-order chi connectivity index (χ1) is 12.5. The number of carbonyl (C=O) groups excluding carboxylic acids is 1. The molecular formula is C23H29NO2. The van der Waals surface area contributed by atoms with E-state index in [0.29, 0.717) is 0 Å². The molecule has 0 spiro atoms. The van der Waals surface area contributed by atoms with Crippen LogP contribution in [-0.4, -0.2) is 12.0 Å². The Labute approximate surface area is 156 Å². The van der Waals surface area contributed by atoms with Crippen LogP contribution in [-0.2, 0) is 10.2 Å². The smallest absolute Gasteiger partial charge is 0.235 e. The maximum Gasteiger partial charge on any atom is 0.235 e. The Balaban J connectivity index is 1.79. The summed E-state index contributed by atoms with van der Waals surface area (Å²) in [7, 11) is 0. The summed E-state index contributed by atoms with van der Waals surface area (Å²) in [4.78, 5) is 13.2. The Morgan fingerprint density at radius 3 is 2.46 bits per heavy atom. The van der Waals surface area contributed by atoms with Crippen LogP contribution >= 0.6 is 0 Å². The Kier molecular flexibility index (Phi) is 5.65. The van der Waals surface area contributed by atoms with Gasteiger partial charge in [-0.1, -0.05) is 50.1 Å². The van der Waals surface area contributed by atoms with Crippen molar-refractivity contribution < 1.29 is 9.53 Å². The molecule has 1 amide bonds. The first-order valence-electron chi connectivity index (χ1n) is 9.69. The Morgan fingerprint density at radius 1 is 1.15 bits per heavy atom. The van der Waals surface area contributed by atoms with Crippen molar-refractivity contribution in [2.75, 3.05) is 5.32 Å². The number of nitrogens with one attached hydrogen (secondary N) is 1. The average molecular weight is 351 g/mol. The molecule has 3 heteroatoms. The number of ether oxygens (including phenoxy) is 1. The molecule has 0 heterocycles. The third-order valence-electron chi connectivity index (χ3n) is 5.55. The van der Waals surface area contributed by atoms with Crippen LogP contribution in [0.25, 0.3) is 0 Å². The SMILES string of the molecule is CCC(C)Oc1ccc(NC(=O)C2(c3ccccc3)CCCC2)cc1C. The van der Waals surface area contributed by atoms with Crippen molar-refractivity contribution >= 4 is 11.6 Å². The van der Waals surface area contributed by atoms with E-state index in [1.165, 1.54) is 0 Å². The van der Waals surface area contributed by atoms with Gasteiger partial charge in [0.15, 0.2) is 0 Å². The van der Waals surface area contributed by atoms with Crippen LogP contribution in [0.15, 0.2) is 48.5 Å². The van der Waals surface area contributed by atoms with Gasteiger partial charge >= 0.3 is 0 Å². The minimum Gasteiger partial charge on any atom is -0.490 e. The number of rotatable bonds is 6. The molecule has 1 atom stereocenters. The molecule has 2 aromatic rings. The summed E-state index contributed by atoms with van der Waals surface area (Å²) in [6.07, 6.45) is 5.19. The predicted molar refractivity (Wildman–Crippen MR) is 107 cm³/mol. The highest BCUT2D eigenvalue weighted by Gasteiger charge is 2.42. The number of hydrogen-bond acceptors (Lipinski definition) is 2. The first-order valence-corrected chi connectivity index (χ1v) is 9.69. The summed E-state index contributed by atoms with van der Waals surface area (Å²) in [5.74, 6) is 0.993. The average Bonchev–Trinajstić information content (AvgIpc) is 3.16. The number of amides is 1. The minimum absolute atomic E-state index is 0.108. The second kappa shape index (κ2) is 7.94. The van der Waals surface area contributed by atoms with E-state index in [1.807, 2.05) is 43.3 Å². The molecule has 2 aromatic carbocycles. The summed E-state index contributed by atoms with van der Waals surface area (Å²) in [5, 5.41) is 3.16. The number of aryl methyl sites for hydroxylation is 1. The fourth-order valence-electron chi connectivity index (χ4n) is 3.79. The van der Waals surface area contributed by atoms with Gasteiger partial charge in [0.2, 0.25) is 5.91 Å². The molecule has 0 aliphatic heterocycles. The minimum atomic E-state index is -0.402. The highest BCUT2D eigenvalue weighted by molar-refractivity contribution is 5.99. The third-order valence-corrected chi connectivity index (χ3v) is 5.55. The van der Waals surface area contributed by atoms with E-state index in [2.05, 4.69) is 31.3 Å². The van der Waals surface area contributed by atoms with Gasteiger partial charge in [-0.2, -0.15) is 0 Å². The van der Waals surface area contributed by atoms with Crippen LogP contribution in [0.1, 0.15) is 57.1 Å². The molecule has 1 unspecified atom stereocenters. The van der Waals surface area contributed by atoms with Gasteiger partial charge < -0.3 is 10.1 Å². The quantitative estimate of drug-likeness (QED) is 0.733. The van der Waals surface area contributed by atoms with Gasteiger partial charge in [-0.15, -0.1) is 0 Å². The summed E-state index contributed by atoms with van der Waals surface area (Å²) >= 11 is 0. The van der Waals surface area contributed by atoms with Gasteiger partial charge in [0.1, 0.15) is 5.75 Å². The second-order valence-corrected chi connectivity index (χ2v) is 7.43. The van der Waals surface area contributed by atoms with Gasteiger partial charge in [0.05, 0.1) is 11.5 Å². The van der Waals surface area contributed by atoms with Crippen molar-refractivity contribution in [1.29, 1.82) is 0 Å². The maximum atomic E-state index is 13.2. The number of benzene rings is 2. The van der Waals surface area contributed by atoms with Crippen molar-refractivity contribution in [3.05, 3.63) is 59.7 Å². The highest BCUT2D eigenvalue weighted by Crippen LogP contribution is 2.42. The van der Waals surface area contributed by atoms with Crippen molar-refractivity contribution in [3.8, 4) is 5.75 Å². The summed E-state index contributed by atoms with van der Waals surface area (Å²) < 4.78 is 5.93. The van der Waals surface area contributed by atoms with Crippen molar-refractivity contribution in [2.24, 2.45) is 0 Å². The van der Waals surface area contributed by atoms with Gasteiger partial charge in [-0.05, 0) is 62.4 Å². The topological polar surface area (TPSA) is 38.3 Å². The molecule has 0 aromatic heterocycles. The molecule has 1 saturated carbocycles. The number of anilines is 1. The van der Waals surface area contributed by atoms with E-state index in [1.54, 1.807) is 0 Å². The van der Waals surface area contributed by atoms with Gasteiger partial charge in [0, 0.05) is 5.69 Å². The summed E-state index contributed by atoms with van der Waals surface area (Å²) in [6, 6.07) is 16.1. The molecule has 3 nitrogen and oxygen atoms in total. The highest BCUT2D eigenvalue weighted by atomic mass is 16.5. The lowest BCUT2D eigenvalue weighted by Gasteiger charge is -2.28. The third kappa shape index (κ3) is 3.77. The zero-order valence-corrected chi connectivity index (χ0v) is 16.0. The molecule has 1 N–H and O–H groups in total. The zero-order valence-electron chi connectivity index (χ0n) is 16.0. The standard InChI is InChI=1S/C23H29NO2/c1-4-18(3)26-21-13-12-20(16-17(21)2)24-22(25)23(14-8-9-15-23)19-10-6-5-7-11-19/h5-7,10-13,16,18H,4,8-9,14-15H2,1-3H3,(H,24,25). The van der Waals surface area contributed by atoms with Gasteiger partial charge in [-0.25, -0.2) is 0 Å². The van der Waals surface area contributed by atoms with E-state index in [9.17, 15) is 4.79 Å². The maximum absolute atomic E-state index is 13.2. The van der Waals surface area contributed by atoms with Crippen LogP contribution < -0.4 is 10.1 Å². The van der Waals surface area contributed by atoms with E-state index in [4.69, 9.17) is 4.74 Å². The monoisotopic (exact) mass is 351 g/mol. The largest absolute Gasteiger partial charge is 0.490 e. The van der Waals surface area contributed by atoms with Crippen LogP contribution in [0.2, 0.25) is 0 Å². The molecule has 0 bridgehead atoms. The van der Waals surface area contributed by atoms with Crippen LogP contribution in [0.5, 0.6) is 5.75 Å². The van der Waals surface area contributed by atoms with Crippen molar-refractivity contribution in [2.45, 2.75) is 64.4 Å². The lowest BCUT2D eigenvalue weighted by Crippen LogP contribution is -2.37. The summed E-state index contributed by atoms with van der Waals surface area (Å²) in [5.41, 5.74) is 2.61. The Morgan fingerprint density at radius 2 is 1.85 bits per heavy atom. The molecular weight excluding hydrogens is 322 g/mol. The van der Waals surface area contributed by atoms with Crippen molar-refractivity contribution in [3.63, 3.8) is 0 Å². The molecule has 3 rings (SSSR count). The van der Waals surface area contributed by atoms with E-state index < -0.39 is 5.41 Å². The van der Waals surface area contributed by atoms with E-state index >= 15 is 0 Å². The summed E-state index contributed by atoms with van der Waals surface area (Å²) in [6.45, 7) is 6.20. The molecule has 26 heavy (non-hydrogen) atoms. The van der Waals surface area contributed by atoms with Crippen LogP contribution in [0, 0.1) is 6.92 Å². The molecule has 0 saturated heterocycles. The van der Waals surface area contributed by atoms with Crippen LogP contribution in [0.3, 0.4) is 0 Å². The van der Waals surface area contributed by atoms with Crippen LogP contribution in [0.4, 0.5) is 5.69 Å². The zero-order chi connectivity index (χ0) is 18.6. The normalized spacial score (nSPS) is 16.9. The fraction of sp³-hybridized carbons (Fsp3) is 0.435. The lowest BCUT2D eigenvalue weighted by atomic mass is 9.78. The molecule has 138 valence electrons. The first kappa shape index (κ1) is 18.5. The predicted octanol–water partition coefficient (Wildman–Crippen LogP) is 5.62. The second-order valence-electron chi connectivity index (χ2n) is 7.43. The van der Waals surface area contributed by atoms with Gasteiger partial charge in [0.25, 0.3) is 0 Å². The molecule has 0 radical (unpaired) electrons.